The number of halogens is 1. The number of rotatable bonds is 2. The SMILES string of the molecule is Cc1cccc(NC(=O)C2=Cc3cc(Cl)ccc3OC2)c1. The fourth-order valence-electron chi connectivity index (χ4n) is 2.21. The number of hydrogen-bond acceptors (Lipinski definition) is 2. The van der Waals surface area contributed by atoms with Gasteiger partial charge in [0.1, 0.15) is 12.4 Å². The van der Waals surface area contributed by atoms with Crippen LogP contribution in [-0.4, -0.2) is 12.5 Å². The molecule has 0 aliphatic carbocycles. The lowest BCUT2D eigenvalue weighted by molar-refractivity contribution is -0.113. The van der Waals surface area contributed by atoms with Crippen LogP contribution in [0.2, 0.25) is 5.02 Å². The van der Waals surface area contributed by atoms with Crippen LogP contribution in [0.5, 0.6) is 5.75 Å². The summed E-state index contributed by atoms with van der Waals surface area (Å²) in [7, 11) is 0. The molecular formula is C17H14ClNO2. The molecule has 106 valence electrons. The molecule has 1 aliphatic rings. The van der Waals surface area contributed by atoms with Gasteiger partial charge in [0.2, 0.25) is 0 Å². The van der Waals surface area contributed by atoms with Gasteiger partial charge in [0, 0.05) is 16.3 Å². The molecule has 1 N–H and O–H groups in total. The van der Waals surface area contributed by atoms with Gasteiger partial charge in [-0.1, -0.05) is 23.7 Å². The van der Waals surface area contributed by atoms with Crippen LogP contribution >= 0.6 is 11.6 Å². The Balaban J connectivity index is 1.82. The maximum atomic E-state index is 12.3. The number of amides is 1. The molecule has 0 saturated carbocycles. The summed E-state index contributed by atoms with van der Waals surface area (Å²) >= 11 is 5.97. The predicted molar refractivity (Wildman–Crippen MR) is 84.7 cm³/mol. The maximum absolute atomic E-state index is 12.3. The number of carbonyl (C=O) groups excluding carboxylic acids is 1. The third-order valence-corrected chi connectivity index (χ3v) is 3.49. The molecule has 0 saturated heterocycles. The van der Waals surface area contributed by atoms with E-state index in [1.54, 1.807) is 12.1 Å². The van der Waals surface area contributed by atoms with E-state index in [1.165, 1.54) is 0 Å². The molecule has 1 heterocycles. The summed E-state index contributed by atoms with van der Waals surface area (Å²) in [5, 5.41) is 3.50. The fourth-order valence-corrected chi connectivity index (χ4v) is 2.39. The van der Waals surface area contributed by atoms with Gasteiger partial charge in [0.05, 0.1) is 5.57 Å². The molecular weight excluding hydrogens is 286 g/mol. The van der Waals surface area contributed by atoms with Crippen molar-refractivity contribution >= 4 is 29.3 Å². The molecule has 2 aromatic rings. The van der Waals surface area contributed by atoms with E-state index in [0.29, 0.717) is 10.6 Å². The average Bonchev–Trinajstić information content (AvgIpc) is 2.46. The van der Waals surface area contributed by atoms with Crippen LogP contribution in [0.3, 0.4) is 0 Å². The van der Waals surface area contributed by atoms with E-state index in [1.807, 2.05) is 43.3 Å². The lowest BCUT2D eigenvalue weighted by atomic mass is 10.1. The number of benzene rings is 2. The standard InChI is InChI=1S/C17H14ClNO2/c1-11-3-2-4-15(7-11)19-17(20)13-8-12-9-14(18)5-6-16(12)21-10-13/h2-9H,10H2,1H3,(H,19,20). The Morgan fingerprint density at radius 1 is 1.24 bits per heavy atom. The molecule has 0 fully saturated rings. The minimum absolute atomic E-state index is 0.161. The Kier molecular flexibility index (Phi) is 3.67. The van der Waals surface area contributed by atoms with Crippen molar-refractivity contribution in [3.8, 4) is 5.75 Å². The number of carbonyl (C=O) groups is 1. The molecule has 3 rings (SSSR count). The smallest absolute Gasteiger partial charge is 0.255 e. The molecule has 2 aromatic carbocycles. The van der Waals surface area contributed by atoms with Crippen molar-refractivity contribution in [1.29, 1.82) is 0 Å². The van der Waals surface area contributed by atoms with E-state index in [4.69, 9.17) is 16.3 Å². The molecule has 0 aromatic heterocycles. The first-order valence-corrected chi connectivity index (χ1v) is 7.00. The second-order valence-corrected chi connectivity index (χ2v) is 5.40. The number of fused-ring (bicyclic) bond motifs is 1. The quantitative estimate of drug-likeness (QED) is 0.908. The Hall–Kier alpha value is -2.26. The van der Waals surface area contributed by atoms with Gasteiger partial charge in [0.15, 0.2) is 0 Å². The lowest BCUT2D eigenvalue weighted by Gasteiger charge is -2.18. The first kappa shape index (κ1) is 13.7. The molecule has 4 heteroatoms. The van der Waals surface area contributed by atoms with Gasteiger partial charge in [-0.25, -0.2) is 0 Å². The summed E-state index contributed by atoms with van der Waals surface area (Å²) in [6, 6.07) is 13.0. The van der Waals surface area contributed by atoms with E-state index in [2.05, 4.69) is 5.32 Å². The molecule has 0 radical (unpaired) electrons. The second-order valence-electron chi connectivity index (χ2n) is 4.96. The van der Waals surface area contributed by atoms with Gasteiger partial charge in [-0.15, -0.1) is 0 Å². The summed E-state index contributed by atoms with van der Waals surface area (Å²) in [6.45, 7) is 2.24. The van der Waals surface area contributed by atoms with Crippen molar-refractivity contribution in [3.05, 3.63) is 64.2 Å². The highest BCUT2D eigenvalue weighted by atomic mass is 35.5. The van der Waals surface area contributed by atoms with E-state index in [0.717, 1.165) is 22.6 Å². The summed E-state index contributed by atoms with van der Waals surface area (Å²) in [5.41, 5.74) is 3.27. The van der Waals surface area contributed by atoms with Gasteiger partial charge in [0.25, 0.3) is 5.91 Å². The van der Waals surface area contributed by atoms with Crippen LogP contribution < -0.4 is 10.1 Å². The highest BCUT2D eigenvalue weighted by Gasteiger charge is 2.17. The highest BCUT2D eigenvalue weighted by Crippen LogP contribution is 2.29. The monoisotopic (exact) mass is 299 g/mol. The van der Waals surface area contributed by atoms with Crippen molar-refractivity contribution in [1.82, 2.24) is 0 Å². The van der Waals surface area contributed by atoms with Crippen LogP contribution in [0, 0.1) is 6.92 Å². The summed E-state index contributed by atoms with van der Waals surface area (Å²) in [6.07, 6.45) is 1.82. The Morgan fingerprint density at radius 2 is 2.10 bits per heavy atom. The largest absolute Gasteiger partial charge is 0.488 e. The molecule has 1 amide bonds. The van der Waals surface area contributed by atoms with E-state index in [9.17, 15) is 4.79 Å². The minimum Gasteiger partial charge on any atom is -0.488 e. The maximum Gasteiger partial charge on any atom is 0.255 e. The van der Waals surface area contributed by atoms with Gasteiger partial charge in [-0.2, -0.15) is 0 Å². The summed E-state index contributed by atoms with van der Waals surface area (Å²) < 4.78 is 5.59. The van der Waals surface area contributed by atoms with Crippen molar-refractivity contribution < 1.29 is 9.53 Å². The normalized spacial score (nSPS) is 13.0. The van der Waals surface area contributed by atoms with Gasteiger partial charge < -0.3 is 10.1 Å². The Bertz CT molecular complexity index is 737. The van der Waals surface area contributed by atoms with E-state index in [-0.39, 0.29) is 12.5 Å². The Morgan fingerprint density at radius 3 is 2.90 bits per heavy atom. The molecule has 0 unspecified atom stereocenters. The number of anilines is 1. The third-order valence-electron chi connectivity index (χ3n) is 3.25. The van der Waals surface area contributed by atoms with Crippen LogP contribution in [-0.2, 0) is 4.79 Å². The van der Waals surface area contributed by atoms with Crippen LogP contribution in [0.25, 0.3) is 6.08 Å². The van der Waals surface area contributed by atoms with Crippen LogP contribution in [0.1, 0.15) is 11.1 Å². The molecule has 1 aliphatic heterocycles. The topological polar surface area (TPSA) is 38.3 Å². The summed E-state index contributed by atoms with van der Waals surface area (Å²) in [4.78, 5) is 12.3. The van der Waals surface area contributed by atoms with Gasteiger partial charge in [-0.05, 0) is 48.9 Å². The molecule has 0 atom stereocenters. The Labute approximate surface area is 128 Å². The van der Waals surface area contributed by atoms with Crippen molar-refractivity contribution in [2.45, 2.75) is 6.92 Å². The van der Waals surface area contributed by atoms with Crippen LogP contribution in [0.15, 0.2) is 48.0 Å². The van der Waals surface area contributed by atoms with Crippen LogP contribution in [0.4, 0.5) is 5.69 Å². The van der Waals surface area contributed by atoms with Crippen molar-refractivity contribution in [2.24, 2.45) is 0 Å². The van der Waals surface area contributed by atoms with Gasteiger partial charge in [-0.3, -0.25) is 4.79 Å². The van der Waals surface area contributed by atoms with E-state index < -0.39 is 0 Å². The lowest BCUT2D eigenvalue weighted by Crippen LogP contribution is -2.21. The first-order chi connectivity index (χ1) is 10.1. The highest BCUT2D eigenvalue weighted by molar-refractivity contribution is 6.30. The number of aryl methyl sites for hydroxylation is 1. The molecule has 21 heavy (non-hydrogen) atoms. The zero-order valence-corrected chi connectivity index (χ0v) is 12.3. The average molecular weight is 300 g/mol. The zero-order chi connectivity index (χ0) is 14.8. The fraction of sp³-hybridized carbons (Fsp3) is 0.118. The van der Waals surface area contributed by atoms with E-state index >= 15 is 0 Å². The van der Waals surface area contributed by atoms with Gasteiger partial charge >= 0.3 is 0 Å². The molecule has 0 bridgehead atoms. The van der Waals surface area contributed by atoms with Crippen molar-refractivity contribution in [3.63, 3.8) is 0 Å². The number of ether oxygens (including phenoxy) is 1. The summed E-state index contributed by atoms with van der Waals surface area (Å²) in [5.74, 6) is 0.581. The minimum atomic E-state index is -0.161. The third kappa shape index (κ3) is 3.09. The number of hydrogen-bond donors (Lipinski definition) is 1. The molecule has 3 nitrogen and oxygen atoms in total. The first-order valence-electron chi connectivity index (χ1n) is 6.63. The number of nitrogens with one attached hydrogen (secondary N) is 1. The predicted octanol–water partition coefficient (Wildman–Crippen LogP) is 4.06. The van der Waals surface area contributed by atoms with Crippen molar-refractivity contribution in [2.75, 3.05) is 11.9 Å². The second kappa shape index (κ2) is 5.62. The molecule has 0 spiro atoms. The zero-order valence-electron chi connectivity index (χ0n) is 11.5.